The molecule has 1 unspecified atom stereocenters. The Morgan fingerprint density at radius 1 is 1.62 bits per heavy atom. The molecular formula is C9H8BrFN2. The van der Waals surface area contributed by atoms with Gasteiger partial charge in [0, 0.05) is 6.04 Å². The number of nitrogens with two attached hydrogens (primary N) is 1. The van der Waals surface area contributed by atoms with Crippen LogP contribution in [-0.2, 0) is 0 Å². The van der Waals surface area contributed by atoms with Gasteiger partial charge in [-0.3, -0.25) is 0 Å². The van der Waals surface area contributed by atoms with Crippen LogP contribution in [0.25, 0.3) is 0 Å². The number of halogens is 2. The fourth-order valence-electron chi connectivity index (χ4n) is 1.02. The highest BCUT2D eigenvalue weighted by atomic mass is 79.9. The van der Waals surface area contributed by atoms with Gasteiger partial charge >= 0.3 is 0 Å². The van der Waals surface area contributed by atoms with Crippen LogP contribution in [0.2, 0.25) is 0 Å². The van der Waals surface area contributed by atoms with Gasteiger partial charge in [0.15, 0.2) is 0 Å². The van der Waals surface area contributed by atoms with E-state index in [9.17, 15) is 4.39 Å². The van der Waals surface area contributed by atoms with Crippen LogP contribution in [0.5, 0.6) is 0 Å². The molecule has 13 heavy (non-hydrogen) atoms. The number of nitriles is 1. The molecule has 1 aromatic carbocycles. The maximum Gasteiger partial charge on any atom is 0.137 e. The summed E-state index contributed by atoms with van der Waals surface area (Å²) in [5.74, 6) is -0.356. The number of rotatable bonds is 2. The van der Waals surface area contributed by atoms with Crippen molar-refractivity contribution in [1.29, 1.82) is 5.26 Å². The van der Waals surface area contributed by atoms with Crippen molar-refractivity contribution in [3.8, 4) is 6.07 Å². The van der Waals surface area contributed by atoms with Crippen molar-refractivity contribution < 1.29 is 4.39 Å². The highest BCUT2D eigenvalue weighted by Crippen LogP contribution is 2.26. The lowest BCUT2D eigenvalue weighted by atomic mass is 10.1. The molecule has 68 valence electrons. The minimum Gasteiger partial charge on any atom is -0.323 e. The van der Waals surface area contributed by atoms with Crippen LogP contribution in [0.15, 0.2) is 22.7 Å². The van der Waals surface area contributed by atoms with Gasteiger partial charge in [0.1, 0.15) is 5.82 Å². The van der Waals surface area contributed by atoms with E-state index in [0.29, 0.717) is 10.0 Å². The predicted molar refractivity (Wildman–Crippen MR) is 51.3 cm³/mol. The first-order valence-electron chi connectivity index (χ1n) is 3.73. The van der Waals surface area contributed by atoms with E-state index in [-0.39, 0.29) is 12.2 Å². The quantitative estimate of drug-likeness (QED) is 0.867. The summed E-state index contributed by atoms with van der Waals surface area (Å²) in [6.07, 6.45) is 0.183. The third-order valence-electron chi connectivity index (χ3n) is 1.69. The second-order valence-corrected chi connectivity index (χ2v) is 3.40. The fourth-order valence-corrected chi connectivity index (χ4v) is 1.57. The van der Waals surface area contributed by atoms with Crippen molar-refractivity contribution in [1.82, 2.24) is 0 Å². The van der Waals surface area contributed by atoms with Crippen LogP contribution in [0.1, 0.15) is 18.0 Å². The minimum atomic E-state index is -0.435. The van der Waals surface area contributed by atoms with E-state index < -0.39 is 6.04 Å². The zero-order chi connectivity index (χ0) is 9.84. The first-order chi connectivity index (χ1) is 6.16. The summed E-state index contributed by atoms with van der Waals surface area (Å²) < 4.78 is 13.3. The molecule has 0 spiro atoms. The summed E-state index contributed by atoms with van der Waals surface area (Å²) in [6, 6.07) is 6.13. The molecule has 0 aromatic heterocycles. The topological polar surface area (TPSA) is 49.8 Å². The monoisotopic (exact) mass is 242 g/mol. The molecule has 0 aliphatic carbocycles. The molecule has 0 heterocycles. The lowest BCUT2D eigenvalue weighted by Gasteiger charge is -2.10. The Balaban J connectivity index is 3.02. The smallest absolute Gasteiger partial charge is 0.137 e. The van der Waals surface area contributed by atoms with Crippen LogP contribution in [-0.4, -0.2) is 0 Å². The van der Waals surface area contributed by atoms with Crippen molar-refractivity contribution in [3.63, 3.8) is 0 Å². The van der Waals surface area contributed by atoms with Crippen molar-refractivity contribution >= 4 is 15.9 Å². The van der Waals surface area contributed by atoms with E-state index in [2.05, 4.69) is 15.9 Å². The fraction of sp³-hybridized carbons (Fsp3) is 0.222. The van der Waals surface area contributed by atoms with Crippen molar-refractivity contribution in [2.75, 3.05) is 0 Å². The van der Waals surface area contributed by atoms with Crippen LogP contribution in [0.3, 0.4) is 0 Å². The molecule has 0 fully saturated rings. The Morgan fingerprint density at radius 2 is 2.31 bits per heavy atom. The molecule has 2 nitrogen and oxygen atoms in total. The number of hydrogen-bond acceptors (Lipinski definition) is 2. The molecule has 0 radical (unpaired) electrons. The Labute approximate surface area is 84.3 Å². The predicted octanol–water partition coefficient (Wildman–Crippen LogP) is 2.50. The Morgan fingerprint density at radius 3 is 2.92 bits per heavy atom. The van der Waals surface area contributed by atoms with Gasteiger partial charge in [-0.1, -0.05) is 12.1 Å². The second-order valence-electron chi connectivity index (χ2n) is 2.61. The maximum absolute atomic E-state index is 13.0. The third kappa shape index (κ3) is 2.27. The summed E-state index contributed by atoms with van der Waals surface area (Å²) in [5.41, 5.74) is 6.28. The molecule has 1 atom stereocenters. The van der Waals surface area contributed by atoms with Gasteiger partial charge in [0.05, 0.1) is 17.0 Å². The van der Waals surface area contributed by atoms with Crippen LogP contribution >= 0.6 is 15.9 Å². The average molecular weight is 243 g/mol. The molecule has 0 saturated heterocycles. The van der Waals surface area contributed by atoms with Gasteiger partial charge in [0.2, 0.25) is 0 Å². The van der Waals surface area contributed by atoms with E-state index >= 15 is 0 Å². The van der Waals surface area contributed by atoms with Gasteiger partial charge in [0.25, 0.3) is 0 Å². The Hall–Kier alpha value is -0.920. The zero-order valence-electron chi connectivity index (χ0n) is 6.80. The molecule has 2 N–H and O–H groups in total. The highest BCUT2D eigenvalue weighted by Gasteiger charge is 2.11. The Kier molecular flexibility index (Phi) is 3.40. The minimum absolute atomic E-state index is 0.183. The van der Waals surface area contributed by atoms with Crippen LogP contribution < -0.4 is 5.73 Å². The summed E-state index contributed by atoms with van der Waals surface area (Å²) in [7, 11) is 0. The molecule has 0 saturated carbocycles. The van der Waals surface area contributed by atoms with Gasteiger partial charge in [-0.25, -0.2) is 4.39 Å². The summed E-state index contributed by atoms with van der Waals surface area (Å²) in [5, 5.41) is 8.42. The molecule has 4 heteroatoms. The average Bonchev–Trinajstić information content (AvgIpc) is 2.10. The van der Waals surface area contributed by atoms with E-state index in [1.165, 1.54) is 6.07 Å². The van der Waals surface area contributed by atoms with E-state index in [1.807, 2.05) is 6.07 Å². The zero-order valence-corrected chi connectivity index (χ0v) is 8.38. The first kappa shape index (κ1) is 10.2. The van der Waals surface area contributed by atoms with Gasteiger partial charge in [-0.15, -0.1) is 0 Å². The second kappa shape index (κ2) is 4.35. The molecule has 0 aliphatic heterocycles. The standard InChI is InChI=1S/C9H8BrFN2/c10-9-6(8(13)4-5-12)2-1-3-7(9)11/h1-3,8H,4,13H2. The number of nitrogens with zero attached hydrogens (tertiary/aromatic N) is 1. The molecule has 1 rings (SSSR count). The molecule has 0 amide bonds. The van der Waals surface area contributed by atoms with Gasteiger partial charge in [-0.2, -0.15) is 5.26 Å². The van der Waals surface area contributed by atoms with E-state index in [4.69, 9.17) is 11.0 Å². The summed E-state index contributed by atoms with van der Waals surface area (Å²) >= 11 is 3.09. The summed E-state index contributed by atoms with van der Waals surface area (Å²) in [4.78, 5) is 0. The van der Waals surface area contributed by atoms with Gasteiger partial charge in [-0.05, 0) is 27.6 Å². The molecular weight excluding hydrogens is 235 g/mol. The lowest BCUT2D eigenvalue weighted by molar-refractivity contribution is 0.612. The number of benzene rings is 1. The van der Waals surface area contributed by atoms with E-state index in [0.717, 1.165) is 0 Å². The van der Waals surface area contributed by atoms with Crippen LogP contribution in [0, 0.1) is 17.1 Å². The SMILES string of the molecule is N#CCC(N)c1cccc(F)c1Br. The maximum atomic E-state index is 13.0. The highest BCUT2D eigenvalue weighted by molar-refractivity contribution is 9.10. The van der Waals surface area contributed by atoms with Gasteiger partial charge < -0.3 is 5.73 Å². The molecule has 0 aliphatic rings. The third-order valence-corrected chi connectivity index (χ3v) is 2.53. The van der Waals surface area contributed by atoms with Crippen molar-refractivity contribution in [2.24, 2.45) is 5.73 Å². The molecule has 1 aromatic rings. The largest absolute Gasteiger partial charge is 0.323 e. The molecule has 0 bridgehead atoms. The number of hydrogen-bond donors (Lipinski definition) is 1. The van der Waals surface area contributed by atoms with E-state index in [1.54, 1.807) is 12.1 Å². The van der Waals surface area contributed by atoms with Crippen molar-refractivity contribution in [3.05, 3.63) is 34.1 Å². The first-order valence-corrected chi connectivity index (χ1v) is 4.52. The van der Waals surface area contributed by atoms with Crippen molar-refractivity contribution in [2.45, 2.75) is 12.5 Å². The Bertz CT molecular complexity index is 346. The van der Waals surface area contributed by atoms with Crippen LogP contribution in [0.4, 0.5) is 4.39 Å². The lowest BCUT2D eigenvalue weighted by Crippen LogP contribution is -2.10. The summed E-state index contributed by atoms with van der Waals surface area (Å²) in [6.45, 7) is 0. The normalized spacial score (nSPS) is 12.2.